The van der Waals surface area contributed by atoms with Crippen molar-refractivity contribution in [2.45, 2.75) is 38.5 Å². The lowest BCUT2D eigenvalue weighted by Crippen LogP contribution is -2.74. The summed E-state index contributed by atoms with van der Waals surface area (Å²) in [6.07, 6.45) is 3.78. The molecule has 0 spiro atoms. The largest absolute Gasteiger partial charge is 0.278 e. The molecule has 0 bridgehead atoms. The van der Waals surface area contributed by atoms with E-state index >= 15 is 0 Å². The van der Waals surface area contributed by atoms with E-state index in [0.29, 0.717) is 17.8 Å². The van der Waals surface area contributed by atoms with Crippen LogP contribution in [-0.4, -0.2) is 59.8 Å². The molecule has 0 fully saturated rings. The highest BCUT2D eigenvalue weighted by Gasteiger charge is 2.50. The normalized spacial score (nSPS) is 13.1. The summed E-state index contributed by atoms with van der Waals surface area (Å²) in [7, 11) is -5.30. The molecule has 0 saturated carbocycles. The highest BCUT2D eigenvalue weighted by molar-refractivity contribution is 7.22. The maximum absolute atomic E-state index is 5.36. The Morgan fingerprint density at radius 3 is 0.953 bits per heavy atom. The molecule has 11 heteroatoms. The van der Waals surface area contributed by atoms with Gasteiger partial charge < -0.3 is 0 Å². The fourth-order valence-corrected chi connectivity index (χ4v) is 34.4. The molecule has 3 aliphatic rings. The van der Waals surface area contributed by atoms with Gasteiger partial charge in [0.15, 0.2) is 16.1 Å². The molecule has 29 rings (SSSR count). The summed E-state index contributed by atoms with van der Waals surface area (Å²) in [5.41, 5.74) is 32.3. The third-order valence-electron chi connectivity index (χ3n) is 31.5. The van der Waals surface area contributed by atoms with Crippen LogP contribution in [0.15, 0.2) is 528 Å². The number of hydrogen-bond acceptors (Lipinski definition) is 6. The first-order valence-corrected chi connectivity index (χ1v) is 55.3. The summed E-state index contributed by atoms with van der Waals surface area (Å²) in [5.74, 6) is 2.00. The third kappa shape index (κ3) is 14.8. The standard InChI is InChI=1S/C49H37N3Si.C49H35N3.C40H27N3Si/c1-49(2)43-27-14-12-25-39(43)41-33-47-42(32-44(41)49)40-26-13-15-28-46(40)52(47)48-50-30-29-45(51-48)34-17-16-24-38(31-34)53(35-18-6-3-7-19-35,36-20-8-4-9-21-36)37-22-10-5-11-23-37;1-49(2)42-19-11-9-17-38(42)40-30-47-41(29-43(40)49)39-18-10-12-20-46(39)52(47)48-50-44(36-25-21-34(22-26-36)32-13-5-3-6-14-32)31-45(51-48)37-27-23-35(24-28-37)33-15-7-4-8-16-33;1-4-14-28(15-5-1)35-24-25-41-40(42-35)43-36-22-12-10-20-31(36)33-27-39-34(26-37(33)43)32-21-11-13-23-38(32)44(39,29-16-6-2-7-17-29)30-18-8-3-9-19-30/h3-33H,1-2H3;3-31H,1-2H3;1-27H. The van der Waals surface area contributed by atoms with Gasteiger partial charge in [-0.2, -0.15) is 0 Å². The molecular weight excluding hydrogens is 1840 g/mol. The molecule has 0 atom stereocenters. The lowest BCUT2D eigenvalue weighted by molar-refractivity contribution is 0.661. The first kappa shape index (κ1) is 89.3. The minimum absolute atomic E-state index is 0.0808. The number of benzene rings is 20. The summed E-state index contributed by atoms with van der Waals surface area (Å²) in [6, 6.07) is 187. The van der Waals surface area contributed by atoms with Crippen LogP contribution in [0, 0.1) is 0 Å². The maximum Gasteiger partial charge on any atom is 0.235 e. The highest BCUT2D eigenvalue weighted by atomic mass is 28.3. The van der Waals surface area contributed by atoms with E-state index in [-0.39, 0.29) is 10.8 Å². The van der Waals surface area contributed by atoms with Crippen molar-refractivity contribution in [2.24, 2.45) is 0 Å². The molecule has 0 amide bonds. The quantitative estimate of drug-likeness (QED) is 0.0750. The Labute approximate surface area is 867 Å². The zero-order chi connectivity index (χ0) is 99.5. The molecular formula is C138H99N9Si2. The average molecular weight is 1940 g/mol. The van der Waals surface area contributed by atoms with Crippen LogP contribution in [0.2, 0.25) is 0 Å². The molecule has 2 aliphatic carbocycles. The second-order valence-electron chi connectivity index (χ2n) is 40.3. The second-order valence-corrected chi connectivity index (χ2v) is 47.8. The first-order valence-electron chi connectivity index (χ1n) is 51.3. The van der Waals surface area contributed by atoms with Gasteiger partial charge in [0.2, 0.25) is 17.8 Å². The SMILES string of the molecule is CC1(C)c2ccccc2-c2cc3c(cc21)c1ccccc1n3-c1nc(-c2ccc(-c3ccccc3)cc2)cc(-c2ccc(-c3ccccc3)cc2)n1.CC1(C)c2ccccc2-c2cc3c(cc21)c1ccccc1n3-c1nccc(-c2cccc([Si](c3ccccc3)(c3ccccc3)c3ccccc3)c2)n1.c1ccc(-c2ccnc(-n3c4ccccc4c4cc5c(cc43)-c3ccccc3[Si]5(c3ccccc3)c3ccccc3)n2)cc1. The lowest BCUT2D eigenvalue weighted by atomic mass is 9.82. The van der Waals surface area contributed by atoms with Gasteiger partial charge in [0.1, 0.15) is 0 Å². The van der Waals surface area contributed by atoms with Crippen LogP contribution in [0.1, 0.15) is 49.9 Å². The predicted octanol–water partition coefficient (Wildman–Crippen LogP) is 28.1. The molecule has 0 saturated heterocycles. The number of nitrogens with zero attached hydrogens (tertiary/aromatic N) is 9. The van der Waals surface area contributed by atoms with Gasteiger partial charge in [0, 0.05) is 77.8 Å². The van der Waals surface area contributed by atoms with Crippen LogP contribution in [-0.2, 0) is 10.8 Å². The van der Waals surface area contributed by atoms with E-state index in [9.17, 15) is 0 Å². The predicted molar refractivity (Wildman–Crippen MR) is 623 cm³/mol. The summed E-state index contributed by atoms with van der Waals surface area (Å²) in [5, 5.41) is 18.3. The van der Waals surface area contributed by atoms with Crippen LogP contribution in [0.25, 0.3) is 184 Å². The Bertz CT molecular complexity index is 9440. The van der Waals surface area contributed by atoms with Gasteiger partial charge in [-0.05, 0) is 186 Å². The zero-order valence-electron chi connectivity index (χ0n) is 82.8. The van der Waals surface area contributed by atoms with Gasteiger partial charge in [-0.15, -0.1) is 0 Å². The van der Waals surface area contributed by atoms with Crippen LogP contribution < -0.4 is 41.5 Å². The first-order chi connectivity index (χ1) is 73.4. The maximum atomic E-state index is 5.36. The van der Waals surface area contributed by atoms with E-state index in [4.69, 9.17) is 29.9 Å². The van der Waals surface area contributed by atoms with Crippen molar-refractivity contribution in [1.82, 2.24) is 43.6 Å². The zero-order valence-corrected chi connectivity index (χ0v) is 84.8. The number of rotatable bonds is 15. The Morgan fingerprint density at radius 2 is 0.510 bits per heavy atom. The van der Waals surface area contributed by atoms with E-state index in [1.807, 2.05) is 42.7 Å². The van der Waals surface area contributed by atoms with Gasteiger partial charge in [-0.1, -0.05) is 477 Å². The van der Waals surface area contributed by atoms with Crippen LogP contribution in [0.3, 0.4) is 0 Å². The van der Waals surface area contributed by atoms with Crippen LogP contribution >= 0.6 is 0 Å². The molecule has 1 aliphatic heterocycles. The molecule has 9 nitrogen and oxygen atoms in total. The molecule has 0 unspecified atom stereocenters. The van der Waals surface area contributed by atoms with Gasteiger partial charge in [-0.25, -0.2) is 29.9 Å². The molecule has 26 aromatic rings. The smallest absolute Gasteiger partial charge is 0.235 e. The fourth-order valence-electron chi connectivity index (χ4n) is 24.5. The summed E-state index contributed by atoms with van der Waals surface area (Å²) >= 11 is 0. The number of para-hydroxylation sites is 3. The van der Waals surface area contributed by atoms with Crippen molar-refractivity contribution in [3.05, 3.63) is 550 Å². The van der Waals surface area contributed by atoms with E-state index in [2.05, 4.69) is 527 Å². The summed E-state index contributed by atoms with van der Waals surface area (Å²) < 4.78 is 6.76. The van der Waals surface area contributed by atoms with E-state index in [1.165, 1.54) is 152 Å². The Balaban J connectivity index is 0.000000111. The Kier molecular flexibility index (Phi) is 21.8. The Hall–Kier alpha value is -18.5. The number of hydrogen-bond donors (Lipinski definition) is 0. The Morgan fingerprint density at radius 1 is 0.195 bits per heavy atom. The van der Waals surface area contributed by atoms with E-state index < -0.39 is 16.1 Å². The second kappa shape index (κ2) is 36.3. The molecule has 0 N–H and O–H groups in total. The van der Waals surface area contributed by atoms with E-state index in [1.54, 1.807) is 0 Å². The summed E-state index contributed by atoms with van der Waals surface area (Å²) in [6.45, 7) is 9.37. The minimum atomic E-state index is -2.70. The highest BCUT2D eigenvalue weighted by Crippen LogP contribution is 2.54. The molecule has 6 aromatic heterocycles. The minimum Gasteiger partial charge on any atom is -0.278 e. The molecule has 0 radical (unpaired) electrons. The average Bonchev–Trinajstić information content (AvgIpc) is 1.52. The topological polar surface area (TPSA) is 92.1 Å². The van der Waals surface area contributed by atoms with Gasteiger partial charge in [0.05, 0.1) is 55.9 Å². The van der Waals surface area contributed by atoms with E-state index in [0.717, 1.165) is 78.1 Å². The van der Waals surface area contributed by atoms with Crippen LogP contribution in [0.4, 0.5) is 0 Å². The summed E-state index contributed by atoms with van der Waals surface area (Å²) in [4.78, 5) is 31.0. The molecule has 704 valence electrons. The van der Waals surface area contributed by atoms with Gasteiger partial charge in [-0.3, -0.25) is 13.7 Å². The van der Waals surface area contributed by atoms with Crippen molar-refractivity contribution in [3.8, 4) is 119 Å². The molecule has 7 heterocycles. The van der Waals surface area contributed by atoms with Crippen molar-refractivity contribution < 1.29 is 0 Å². The van der Waals surface area contributed by atoms with Crippen LogP contribution in [0.5, 0.6) is 0 Å². The monoisotopic (exact) mass is 1940 g/mol. The van der Waals surface area contributed by atoms with Crippen molar-refractivity contribution in [2.75, 3.05) is 0 Å². The molecule has 20 aromatic carbocycles. The third-order valence-corrected chi connectivity index (χ3v) is 41.1. The molecule has 149 heavy (non-hydrogen) atoms. The van der Waals surface area contributed by atoms with Gasteiger partial charge >= 0.3 is 0 Å². The van der Waals surface area contributed by atoms with Crippen molar-refractivity contribution in [1.29, 1.82) is 0 Å². The van der Waals surface area contributed by atoms with Crippen molar-refractivity contribution >= 4 is 123 Å². The van der Waals surface area contributed by atoms with Crippen molar-refractivity contribution in [3.63, 3.8) is 0 Å². The number of fused-ring (bicyclic) bond motifs is 18. The number of aromatic nitrogens is 9. The lowest BCUT2D eigenvalue weighted by Gasteiger charge is -2.34. The fraction of sp³-hybridized carbons (Fsp3) is 0.0435. The van der Waals surface area contributed by atoms with Gasteiger partial charge in [0.25, 0.3) is 0 Å².